The highest BCUT2D eigenvalue weighted by molar-refractivity contribution is 7.47. The third-order valence-electron chi connectivity index (χ3n) is 17.2. The Morgan fingerprint density at radius 1 is 0.311 bits per heavy atom. The Hall–Kier alpha value is -1.94. The maximum atomic E-state index is 13.0. The zero-order valence-corrected chi connectivity index (χ0v) is 60.2. The number of ether oxygens (including phenoxy) is 4. The molecule has 0 aromatic rings. The van der Waals surface area contributed by atoms with Gasteiger partial charge in [0.05, 0.1) is 26.4 Å². The van der Waals surface area contributed by atoms with Gasteiger partial charge in [-0.15, -0.1) is 0 Å². The topological polar surface area (TPSA) is 237 Å². The summed E-state index contributed by atoms with van der Waals surface area (Å²) in [6, 6.07) is 0. The summed E-state index contributed by atoms with van der Waals surface area (Å²) >= 11 is 0. The lowest BCUT2D eigenvalue weighted by Gasteiger charge is -2.21. The number of phosphoric acid groups is 2. The first-order valence-electron chi connectivity index (χ1n) is 37.1. The molecule has 90 heavy (non-hydrogen) atoms. The molecule has 0 rings (SSSR count). The molecule has 0 saturated carbocycles. The largest absolute Gasteiger partial charge is 0.472 e. The Kier molecular flexibility index (Phi) is 61.8. The van der Waals surface area contributed by atoms with Crippen LogP contribution in [0, 0.1) is 11.8 Å². The molecular weight excluding hydrogens is 1190 g/mol. The summed E-state index contributed by atoms with van der Waals surface area (Å²) in [6.07, 6.45) is 48.6. The van der Waals surface area contributed by atoms with Crippen LogP contribution in [0.1, 0.15) is 363 Å². The highest BCUT2D eigenvalue weighted by Gasteiger charge is 2.30. The van der Waals surface area contributed by atoms with Crippen LogP contribution in [0.4, 0.5) is 0 Å². The fraction of sp³-hybridized carbons (Fsp3) is 0.944. The second-order valence-corrected chi connectivity index (χ2v) is 29.0. The van der Waals surface area contributed by atoms with Gasteiger partial charge in [0, 0.05) is 25.7 Å². The maximum Gasteiger partial charge on any atom is 0.472 e. The van der Waals surface area contributed by atoms with E-state index >= 15 is 0 Å². The van der Waals surface area contributed by atoms with Crippen molar-refractivity contribution in [1.82, 2.24) is 0 Å². The molecule has 0 heterocycles. The molecule has 4 unspecified atom stereocenters. The Bertz CT molecular complexity index is 1760. The third-order valence-corrected chi connectivity index (χ3v) is 19.1. The van der Waals surface area contributed by atoms with Crippen LogP contribution < -0.4 is 0 Å². The van der Waals surface area contributed by atoms with E-state index in [1.54, 1.807) is 0 Å². The molecule has 0 aliphatic heterocycles. The van der Waals surface area contributed by atoms with Crippen LogP contribution in [0.5, 0.6) is 0 Å². The maximum absolute atomic E-state index is 13.0. The van der Waals surface area contributed by atoms with Crippen molar-refractivity contribution in [2.45, 2.75) is 381 Å². The van der Waals surface area contributed by atoms with Gasteiger partial charge >= 0.3 is 39.5 Å². The van der Waals surface area contributed by atoms with Crippen LogP contribution >= 0.6 is 15.6 Å². The first-order chi connectivity index (χ1) is 43.4. The lowest BCUT2D eigenvalue weighted by atomic mass is 10.00. The molecule has 0 aliphatic carbocycles. The lowest BCUT2D eigenvalue weighted by molar-refractivity contribution is -0.161. The van der Waals surface area contributed by atoms with Gasteiger partial charge < -0.3 is 33.8 Å². The molecule has 0 aliphatic rings. The molecule has 0 aromatic carbocycles. The van der Waals surface area contributed by atoms with Crippen molar-refractivity contribution < 1.29 is 80.2 Å². The number of carbonyl (C=O) groups excluding carboxylic acids is 4. The molecule has 0 saturated heterocycles. The van der Waals surface area contributed by atoms with E-state index in [9.17, 15) is 43.2 Å². The van der Waals surface area contributed by atoms with Gasteiger partial charge in [-0.05, 0) is 37.5 Å². The van der Waals surface area contributed by atoms with Crippen LogP contribution in [-0.4, -0.2) is 96.7 Å². The summed E-state index contributed by atoms with van der Waals surface area (Å²) < 4.78 is 68.3. The van der Waals surface area contributed by atoms with Crippen LogP contribution in [0.15, 0.2) is 0 Å². The Morgan fingerprint density at radius 2 is 0.533 bits per heavy atom. The quantitative estimate of drug-likeness (QED) is 0.0222. The minimum atomic E-state index is -4.95. The minimum absolute atomic E-state index is 0.102. The molecule has 0 radical (unpaired) electrons. The van der Waals surface area contributed by atoms with Crippen LogP contribution in [-0.2, 0) is 65.4 Å². The predicted molar refractivity (Wildman–Crippen MR) is 363 cm³/mol. The number of aliphatic hydroxyl groups is 1. The second-order valence-electron chi connectivity index (χ2n) is 26.1. The molecule has 17 nitrogen and oxygen atoms in total. The summed E-state index contributed by atoms with van der Waals surface area (Å²) in [5, 5.41) is 10.6. The van der Waals surface area contributed by atoms with E-state index in [0.717, 1.165) is 108 Å². The molecule has 7 atom stereocenters. The number of phosphoric ester groups is 2. The van der Waals surface area contributed by atoms with Crippen LogP contribution in [0.2, 0.25) is 0 Å². The first kappa shape index (κ1) is 88.1. The van der Waals surface area contributed by atoms with E-state index in [1.165, 1.54) is 173 Å². The zero-order chi connectivity index (χ0) is 66.5. The summed E-state index contributed by atoms with van der Waals surface area (Å²) in [4.78, 5) is 72.6. The standard InChI is InChI=1S/C71H138O17P2/c1-7-11-13-15-17-19-21-23-25-26-28-30-32-34-43-49-55-70(75)87-66(59-81-68(73)53-47-41-33-31-29-27-24-22-20-18-16-14-12-8-2)61-85-89(77,78)83-57-65(72)58-84-90(79,80)86-62-67(88-71(76)56-50-44-38-36-40-46-52-64(6)10-4)60-82-69(74)54-48-42-37-35-39-45-51-63(5)9-3/h63-67,72H,7-62H2,1-6H3,(H,77,78)(H,79,80)/t63?,64?,65-,66-,67-/m1/s1. The SMILES string of the molecule is CCCCCCCCCCCCCCCCCCC(=O)O[C@H](COC(=O)CCCCCCCCCCCCCCCC)COP(=O)(O)OC[C@@H](O)COP(=O)(O)OC[C@@H](COC(=O)CCCCCCCCC(C)CC)OC(=O)CCCCCCCCC(C)CC. The van der Waals surface area contributed by atoms with Crippen molar-refractivity contribution in [2.75, 3.05) is 39.6 Å². The van der Waals surface area contributed by atoms with Crippen molar-refractivity contribution >= 4 is 39.5 Å². The highest BCUT2D eigenvalue weighted by Crippen LogP contribution is 2.45. The van der Waals surface area contributed by atoms with Crippen LogP contribution in [0.3, 0.4) is 0 Å². The van der Waals surface area contributed by atoms with Crippen LogP contribution in [0.25, 0.3) is 0 Å². The second kappa shape index (κ2) is 63.1. The number of hydrogen-bond acceptors (Lipinski definition) is 15. The number of unbranched alkanes of at least 4 members (excludes halogenated alkanes) is 38. The smallest absolute Gasteiger partial charge is 0.462 e. The number of carbonyl (C=O) groups is 4. The van der Waals surface area contributed by atoms with E-state index in [0.29, 0.717) is 25.7 Å². The van der Waals surface area contributed by atoms with E-state index in [-0.39, 0.29) is 25.7 Å². The normalized spacial score (nSPS) is 14.7. The van der Waals surface area contributed by atoms with Gasteiger partial charge in [0.15, 0.2) is 12.2 Å². The fourth-order valence-corrected chi connectivity index (χ4v) is 12.3. The monoisotopic (exact) mass is 1320 g/mol. The van der Waals surface area contributed by atoms with Gasteiger partial charge in [-0.25, -0.2) is 9.13 Å². The summed E-state index contributed by atoms with van der Waals surface area (Å²) in [7, 11) is -9.90. The predicted octanol–water partition coefficient (Wildman–Crippen LogP) is 20.4. The van der Waals surface area contributed by atoms with Crippen molar-refractivity contribution in [3.8, 4) is 0 Å². The molecule has 3 N–H and O–H groups in total. The summed E-state index contributed by atoms with van der Waals surface area (Å²) in [5.41, 5.74) is 0. The van der Waals surface area contributed by atoms with Crippen molar-refractivity contribution in [3.63, 3.8) is 0 Å². The fourth-order valence-electron chi connectivity index (χ4n) is 10.7. The summed E-state index contributed by atoms with van der Waals surface area (Å²) in [6.45, 7) is 9.47. The lowest BCUT2D eigenvalue weighted by Crippen LogP contribution is -2.30. The van der Waals surface area contributed by atoms with Gasteiger partial charge in [-0.2, -0.15) is 0 Å². The van der Waals surface area contributed by atoms with Gasteiger partial charge in [-0.1, -0.05) is 311 Å². The number of esters is 4. The molecule has 19 heteroatoms. The average molecular weight is 1330 g/mol. The van der Waals surface area contributed by atoms with E-state index < -0.39 is 97.5 Å². The number of hydrogen-bond donors (Lipinski definition) is 3. The molecule has 534 valence electrons. The minimum Gasteiger partial charge on any atom is -0.462 e. The Labute approximate surface area is 549 Å². The van der Waals surface area contributed by atoms with Gasteiger partial charge in [0.2, 0.25) is 0 Å². The molecule has 0 amide bonds. The van der Waals surface area contributed by atoms with Gasteiger partial charge in [-0.3, -0.25) is 37.3 Å². The molecule has 0 fully saturated rings. The third kappa shape index (κ3) is 62.2. The zero-order valence-electron chi connectivity index (χ0n) is 58.4. The molecule has 0 bridgehead atoms. The van der Waals surface area contributed by atoms with Crippen molar-refractivity contribution in [1.29, 1.82) is 0 Å². The van der Waals surface area contributed by atoms with E-state index in [1.807, 2.05) is 0 Å². The van der Waals surface area contributed by atoms with Crippen molar-refractivity contribution in [3.05, 3.63) is 0 Å². The van der Waals surface area contributed by atoms with E-state index in [2.05, 4.69) is 41.5 Å². The van der Waals surface area contributed by atoms with Gasteiger partial charge in [0.1, 0.15) is 19.3 Å². The average Bonchev–Trinajstić information content (AvgIpc) is 3.26. The molecule has 0 spiro atoms. The number of aliphatic hydroxyl groups excluding tert-OH is 1. The first-order valence-corrected chi connectivity index (χ1v) is 40.1. The Balaban J connectivity index is 5.25. The summed E-state index contributed by atoms with van der Waals surface area (Å²) in [5.74, 6) is -0.674. The van der Waals surface area contributed by atoms with Gasteiger partial charge in [0.25, 0.3) is 0 Å². The highest BCUT2D eigenvalue weighted by atomic mass is 31.2. The Morgan fingerprint density at radius 3 is 0.789 bits per heavy atom. The molecular formula is C71H138O17P2. The van der Waals surface area contributed by atoms with E-state index in [4.69, 9.17) is 37.0 Å². The van der Waals surface area contributed by atoms with Crippen molar-refractivity contribution in [2.24, 2.45) is 11.8 Å². The number of rotatable bonds is 70. The molecule has 0 aromatic heterocycles.